The fourth-order valence-corrected chi connectivity index (χ4v) is 2.85. The summed E-state index contributed by atoms with van der Waals surface area (Å²) in [7, 11) is 3.20. The zero-order valence-electron chi connectivity index (χ0n) is 12.6. The first kappa shape index (κ1) is 14.4. The molecule has 0 saturated heterocycles. The third kappa shape index (κ3) is 2.21. The molecule has 1 aliphatic carbocycles. The molecule has 2 aromatic rings. The topological polar surface area (TPSA) is 55.8 Å². The summed E-state index contributed by atoms with van der Waals surface area (Å²) in [4.78, 5) is 11.5. The maximum absolute atomic E-state index is 11.5. The van der Waals surface area contributed by atoms with Crippen LogP contribution in [0.2, 0.25) is 0 Å². The molecule has 4 heteroatoms. The van der Waals surface area contributed by atoms with Crippen molar-refractivity contribution in [3.8, 4) is 22.6 Å². The van der Waals surface area contributed by atoms with Gasteiger partial charge in [-0.05, 0) is 36.1 Å². The smallest absolute Gasteiger partial charge is 0.314 e. The van der Waals surface area contributed by atoms with Crippen LogP contribution in [0.4, 0.5) is 0 Å². The van der Waals surface area contributed by atoms with Gasteiger partial charge >= 0.3 is 5.97 Å². The molecule has 1 saturated carbocycles. The molecular weight excluding hydrogens is 280 g/mol. The van der Waals surface area contributed by atoms with Gasteiger partial charge in [0.2, 0.25) is 0 Å². The fourth-order valence-electron chi connectivity index (χ4n) is 2.85. The molecule has 3 rings (SSSR count). The van der Waals surface area contributed by atoms with Gasteiger partial charge < -0.3 is 14.6 Å². The van der Waals surface area contributed by atoms with Gasteiger partial charge in [0, 0.05) is 5.56 Å². The molecular formula is C18H18O4. The SMILES string of the molecule is COc1cccc(-c2cccc(C3(C(=O)O)CC3)c2)c1OC. The molecule has 1 N–H and O–H groups in total. The van der Waals surface area contributed by atoms with E-state index in [4.69, 9.17) is 9.47 Å². The second-order valence-electron chi connectivity index (χ2n) is 5.51. The summed E-state index contributed by atoms with van der Waals surface area (Å²) >= 11 is 0. The van der Waals surface area contributed by atoms with Crippen molar-refractivity contribution >= 4 is 5.97 Å². The first-order valence-corrected chi connectivity index (χ1v) is 7.17. The standard InChI is InChI=1S/C18H18O4/c1-21-15-8-4-7-14(16(15)22-2)12-5-3-6-13(11-12)18(9-10-18)17(19)20/h3-8,11H,9-10H2,1-2H3,(H,19,20). The van der Waals surface area contributed by atoms with Gasteiger partial charge in [0.25, 0.3) is 0 Å². The van der Waals surface area contributed by atoms with Gasteiger partial charge in [-0.2, -0.15) is 0 Å². The molecule has 0 aromatic heterocycles. The summed E-state index contributed by atoms with van der Waals surface area (Å²) in [5, 5.41) is 9.46. The Morgan fingerprint density at radius 1 is 1.09 bits per heavy atom. The maximum atomic E-state index is 11.5. The Balaban J connectivity index is 2.09. The quantitative estimate of drug-likeness (QED) is 0.918. The van der Waals surface area contributed by atoms with E-state index in [9.17, 15) is 9.90 Å². The summed E-state index contributed by atoms with van der Waals surface area (Å²) < 4.78 is 10.8. The number of aliphatic carboxylic acids is 1. The minimum atomic E-state index is -0.748. The van der Waals surface area contributed by atoms with Gasteiger partial charge in [-0.1, -0.05) is 30.3 Å². The van der Waals surface area contributed by atoms with Gasteiger partial charge in [-0.25, -0.2) is 0 Å². The highest BCUT2D eigenvalue weighted by Crippen LogP contribution is 2.49. The Morgan fingerprint density at radius 2 is 1.82 bits per heavy atom. The molecule has 1 aliphatic rings. The maximum Gasteiger partial charge on any atom is 0.314 e. The van der Waals surface area contributed by atoms with Gasteiger partial charge in [0.15, 0.2) is 11.5 Å². The Kier molecular flexibility index (Phi) is 3.53. The molecule has 0 spiro atoms. The summed E-state index contributed by atoms with van der Waals surface area (Å²) in [5.74, 6) is 0.564. The van der Waals surface area contributed by atoms with Crippen LogP contribution in [0.25, 0.3) is 11.1 Å². The van der Waals surface area contributed by atoms with Gasteiger partial charge in [-0.15, -0.1) is 0 Å². The van der Waals surface area contributed by atoms with Crippen LogP contribution in [-0.4, -0.2) is 25.3 Å². The molecule has 0 heterocycles. The number of hydrogen-bond acceptors (Lipinski definition) is 3. The van der Waals surface area contributed by atoms with Crippen molar-refractivity contribution in [2.45, 2.75) is 18.3 Å². The Hall–Kier alpha value is -2.49. The monoisotopic (exact) mass is 298 g/mol. The predicted molar refractivity (Wildman–Crippen MR) is 83.5 cm³/mol. The molecule has 4 nitrogen and oxygen atoms in total. The molecule has 22 heavy (non-hydrogen) atoms. The third-order valence-corrected chi connectivity index (χ3v) is 4.29. The predicted octanol–water partition coefficient (Wildman–Crippen LogP) is 3.49. The minimum absolute atomic E-state index is 0.655. The lowest BCUT2D eigenvalue weighted by Gasteiger charge is -2.15. The van der Waals surface area contributed by atoms with Crippen LogP contribution in [0.1, 0.15) is 18.4 Å². The average Bonchev–Trinajstić information content (AvgIpc) is 3.36. The van der Waals surface area contributed by atoms with E-state index in [0.29, 0.717) is 24.3 Å². The molecule has 0 atom stereocenters. The molecule has 0 radical (unpaired) electrons. The Bertz CT molecular complexity index is 717. The van der Waals surface area contributed by atoms with Gasteiger partial charge in [-0.3, -0.25) is 4.79 Å². The van der Waals surface area contributed by atoms with Crippen LogP contribution in [0.3, 0.4) is 0 Å². The number of carboxylic acids is 1. The zero-order chi connectivity index (χ0) is 15.7. The minimum Gasteiger partial charge on any atom is -0.493 e. The number of ether oxygens (including phenoxy) is 2. The number of benzene rings is 2. The van der Waals surface area contributed by atoms with E-state index in [1.165, 1.54) is 0 Å². The zero-order valence-corrected chi connectivity index (χ0v) is 12.6. The van der Waals surface area contributed by atoms with E-state index in [1.54, 1.807) is 14.2 Å². The normalized spacial score (nSPS) is 15.2. The molecule has 0 bridgehead atoms. The lowest BCUT2D eigenvalue weighted by atomic mass is 9.92. The Labute approximate surface area is 129 Å². The van der Waals surface area contributed by atoms with Crippen LogP contribution >= 0.6 is 0 Å². The largest absolute Gasteiger partial charge is 0.493 e. The molecule has 114 valence electrons. The van der Waals surface area contributed by atoms with E-state index in [1.807, 2.05) is 42.5 Å². The number of hydrogen-bond donors (Lipinski definition) is 1. The van der Waals surface area contributed by atoms with Gasteiger partial charge in [0.1, 0.15) is 0 Å². The lowest BCUT2D eigenvalue weighted by molar-refractivity contribution is -0.140. The lowest BCUT2D eigenvalue weighted by Crippen LogP contribution is -2.19. The Morgan fingerprint density at radius 3 is 2.41 bits per heavy atom. The van der Waals surface area contributed by atoms with Crippen molar-refractivity contribution in [2.24, 2.45) is 0 Å². The van der Waals surface area contributed by atoms with Crippen molar-refractivity contribution < 1.29 is 19.4 Å². The van der Waals surface area contributed by atoms with Crippen molar-refractivity contribution in [2.75, 3.05) is 14.2 Å². The molecule has 2 aromatic carbocycles. The number of methoxy groups -OCH3 is 2. The highest BCUT2D eigenvalue weighted by atomic mass is 16.5. The molecule has 0 aliphatic heterocycles. The van der Waals surface area contributed by atoms with Crippen LogP contribution in [0.15, 0.2) is 42.5 Å². The highest BCUT2D eigenvalue weighted by molar-refractivity contribution is 5.86. The number of carboxylic acid groups (broad SMARTS) is 1. The van der Waals surface area contributed by atoms with E-state index in [0.717, 1.165) is 16.7 Å². The van der Waals surface area contributed by atoms with Crippen molar-refractivity contribution in [1.29, 1.82) is 0 Å². The highest BCUT2D eigenvalue weighted by Gasteiger charge is 2.51. The number of para-hydroxylation sites is 1. The first-order chi connectivity index (χ1) is 10.6. The van der Waals surface area contributed by atoms with E-state index >= 15 is 0 Å². The van der Waals surface area contributed by atoms with Crippen LogP contribution < -0.4 is 9.47 Å². The molecule has 1 fully saturated rings. The first-order valence-electron chi connectivity index (χ1n) is 7.17. The summed E-state index contributed by atoms with van der Waals surface area (Å²) in [6, 6.07) is 13.4. The average molecular weight is 298 g/mol. The summed E-state index contributed by atoms with van der Waals surface area (Å²) in [6.07, 6.45) is 1.39. The van der Waals surface area contributed by atoms with E-state index in [-0.39, 0.29) is 0 Å². The third-order valence-electron chi connectivity index (χ3n) is 4.29. The van der Waals surface area contributed by atoms with Gasteiger partial charge in [0.05, 0.1) is 19.6 Å². The van der Waals surface area contributed by atoms with Crippen LogP contribution in [-0.2, 0) is 10.2 Å². The van der Waals surface area contributed by atoms with E-state index in [2.05, 4.69) is 0 Å². The molecule has 0 unspecified atom stereocenters. The second kappa shape index (κ2) is 5.37. The van der Waals surface area contributed by atoms with Crippen molar-refractivity contribution in [1.82, 2.24) is 0 Å². The van der Waals surface area contributed by atoms with Crippen LogP contribution in [0, 0.1) is 0 Å². The fraction of sp³-hybridized carbons (Fsp3) is 0.278. The van der Waals surface area contributed by atoms with Crippen molar-refractivity contribution in [3.05, 3.63) is 48.0 Å². The second-order valence-corrected chi connectivity index (χ2v) is 5.51. The summed E-state index contributed by atoms with van der Waals surface area (Å²) in [5.41, 5.74) is 1.97. The molecule has 0 amide bonds. The number of rotatable bonds is 5. The summed E-state index contributed by atoms with van der Waals surface area (Å²) in [6.45, 7) is 0. The van der Waals surface area contributed by atoms with Crippen LogP contribution in [0.5, 0.6) is 11.5 Å². The number of carbonyl (C=O) groups is 1. The van der Waals surface area contributed by atoms with E-state index < -0.39 is 11.4 Å². The van der Waals surface area contributed by atoms with Crippen molar-refractivity contribution in [3.63, 3.8) is 0 Å².